The third kappa shape index (κ3) is 4.17. The molecule has 0 bridgehead atoms. The number of amides is 1. The topological polar surface area (TPSA) is 69.2 Å². The molecular weight excluding hydrogens is 332 g/mol. The molecule has 0 radical (unpaired) electrons. The van der Waals surface area contributed by atoms with Gasteiger partial charge in [0.05, 0.1) is 32.6 Å². The van der Waals surface area contributed by atoms with Gasteiger partial charge in [0, 0.05) is 5.56 Å². The highest BCUT2D eigenvalue weighted by atomic mass is 35.5. The van der Waals surface area contributed by atoms with Crippen molar-refractivity contribution in [2.75, 3.05) is 21.3 Å². The zero-order valence-corrected chi connectivity index (χ0v) is 14.3. The summed E-state index contributed by atoms with van der Waals surface area (Å²) in [6.45, 7) is 0. The molecule has 0 fully saturated rings. The summed E-state index contributed by atoms with van der Waals surface area (Å²) in [6.07, 6.45) is 1.47. The van der Waals surface area contributed by atoms with Crippen molar-refractivity contribution in [2.24, 2.45) is 5.10 Å². The standard InChI is InChI=1S/C17H17ClN2O4/c1-22-13-6-4-12(5-7-13)17(21)20-19-10-11-8-14(18)16(24-3)15(9-11)23-2/h4-10H,1-3H3,(H,20,21). The fraction of sp³-hybridized carbons (Fsp3) is 0.176. The lowest BCUT2D eigenvalue weighted by atomic mass is 10.2. The Bertz CT molecular complexity index is 745. The summed E-state index contributed by atoms with van der Waals surface area (Å²) in [4.78, 5) is 12.0. The predicted octanol–water partition coefficient (Wildman–Crippen LogP) is 3.13. The van der Waals surface area contributed by atoms with E-state index in [-0.39, 0.29) is 5.91 Å². The quantitative estimate of drug-likeness (QED) is 0.643. The summed E-state index contributed by atoms with van der Waals surface area (Å²) in [6, 6.07) is 10.1. The number of hydrogen-bond donors (Lipinski definition) is 1. The van der Waals surface area contributed by atoms with Crippen molar-refractivity contribution >= 4 is 23.7 Å². The van der Waals surface area contributed by atoms with Crippen molar-refractivity contribution in [3.05, 3.63) is 52.5 Å². The number of rotatable bonds is 6. The van der Waals surface area contributed by atoms with E-state index >= 15 is 0 Å². The average molecular weight is 349 g/mol. The highest BCUT2D eigenvalue weighted by molar-refractivity contribution is 6.32. The zero-order chi connectivity index (χ0) is 17.5. The Hall–Kier alpha value is -2.73. The maximum atomic E-state index is 12.0. The Balaban J connectivity index is 2.08. The summed E-state index contributed by atoms with van der Waals surface area (Å²) in [7, 11) is 4.58. The highest BCUT2D eigenvalue weighted by Gasteiger charge is 2.10. The molecule has 0 saturated heterocycles. The van der Waals surface area contributed by atoms with Gasteiger partial charge >= 0.3 is 0 Å². The average Bonchev–Trinajstić information content (AvgIpc) is 2.61. The maximum absolute atomic E-state index is 12.0. The van der Waals surface area contributed by atoms with Gasteiger partial charge in [-0.2, -0.15) is 5.10 Å². The molecule has 0 aliphatic rings. The van der Waals surface area contributed by atoms with Crippen molar-refractivity contribution in [3.63, 3.8) is 0 Å². The second kappa shape index (κ2) is 8.21. The number of carbonyl (C=O) groups is 1. The summed E-state index contributed by atoms with van der Waals surface area (Å²) in [5.74, 6) is 1.27. The zero-order valence-electron chi connectivity index (χ0n) is 13.5. The second-order valence-electron chi connectivity index (χ2n) is 4.67. The Morgan fingerprint density at radius 3 is 2.38 bits per heavy atom. The maximum Gasteiger partial charge on any atom is 0.271 e. The van der Waals surface area contributed by atoms with Gasteiger partial charge < -0.3 is 14.2 Å². The minimum absolute atomic E-state index is 0.333. The first-order valence-corrected chi connectivity index (χ1v) is 7.35. The first kappa shape index (κ1) is 17.6. The SMILES string of the molecule is COc1ccc(C(=O)NN=Cc2cc(Cl)c(OC)c(OC)c2)cc1. The molecule has 7 heteroatoms. The van der Waals surface area contributed by atoms with Gasteiger partial charge in [-0.3, -0.25) is 4.79 Å². The van der Waals surface area contributed by atoms with E-state index in [9.17, 15) is 4.79 Å². The summed E-state index contributed by atoms with van der Waals surface area (Å²) in [5, 5.41) is 4.31. The van der Waals surface area contributed by atoms with E-state index in [0.717, 1.165) is 0 Å². The number of halogens is 1. The molecule has 2 aromatic rings. The van der Waals surface area contributed by atoms with Gasteiger partial charge in [0.25, 0.3) is 5.91 Å². The molecule has 1 N–H and O–H groups in total. The number of nitrogens with one attached hydrogen (secondary N) is 1. The third-order valence-corrected chi connectivity index (χ3v) is 3.47. The van der Waals surface area contributed by atoms with Gasteiger partial charge in [0.1, 0.15) is 5.75 Å². The van der Waals surface area contributed by atoms with E-state index in [0.29, 0.717) is 33.4 Å². The number of carbonyl (C=O) groups excluding carboxylic acids is 1. The minimum atomic E-state index is -0.333. The normalized spacial score (nSPS) is 10.5. The fourth-order valence-corrected chi connectivity index (χ4v) is 2.28. The van der Waals surface area contributed by atoms with Gasteiger partial charge in [-0.05, 0) is 42.0 Å². The Kier molecular flexibility index (Phi) is 6.03. The molecule has 2 rings (SSSR count). The van der Waals surface area contributed by atoms with Gasteiger partial charge in [0.15, 0.2) is 11.5 Å². The number of hydrogen-bond acceptors (Lipinski definition) is 5. The van der Waals surface area contributed by atoms with Crippen LogP contribution in [0, 0.1) is 0 Å². The van der Waals surface area contributed by atoms with Crippen LogP contribution in [0.15, 0.2) is 41.5 Å². The van der Waals surface area contributed by atoms with Crippen LogP contribution < -0.4 is 19.6 Å². The molecule has 0 atom stereocenters. The van der Waals surface area contributed by atoms with Gasteiger partial charge in [-0.15, -0.1) is 0 Å². The molecule has 0 aromatic heterocycles. The van der Waals surface area contributed by atoms with Gasteiger partial charge in [-0.1, -0.05) is 11.6 Å². The number of hydrazone groups is 1. The van der Waals surface area contributed by atoms with E-state index in [2.05, 4.69) is 10.5 Å². The summed E-state index contributed by atoms with van der Waals surface area (Å²) < 4.78 is 15.4. The largest absolute Gasteiger partial charge is 0.497 e. The molecule has 0 aliphatic carbocycles. The molecule has 0 heterocycles. The van der Waals surface area contributed by atoms with E-state index in [1.165, 1.54) is 20.4 Å². The number of nitrogens with zero attached hydrogens (tertiary/aromatic N) is 1. The Morgan fingerprint density at radius 2 is 1.79 bits per heavy atom. The molecule has 1 amide bonds. The monoisotopic (exact) mass is 348 g/mol. The molecule has 6 nitrogen and oxygen atoms in total. The number of ether oxygens (including phenoxy) is 3. The lowest BCUT2D eigenvalue weighted by molar-refractivity contribution is 0.0955. The first-order valence-electron chi connectivity index (χ1n) is 6.98. The predicted molar refractivity (Wildman–Crippen MR) is 92.6 cm³/mol. The van der Waals surface area contributed by atoms with Crippen molar-refractivity contribution in [1.82, 2.24) is 5.43 Å². The second-order valence-corrected chi connectivity index (χ2v) is 5.07. The summed E-state index contributed by atoms with van der Waals surface area (Å²) >= 11 is 6.11. The van der Waals surface area contributed by atoms with Crippen LogP contribution in [0.4, 0.5) is 0 Å². The molecule has 24 heavy (non-hydrogen) atoms. The van der Waals surface area contributed by atoms with Gasteiger partial charge in [-0.25, -0.2) is 5.43 Å². The smallest absolute Gasteiger partial charge is 0.271 e. The number of benzene rings is 2. The van der Waals surface area contributed by atoms with Crippen LogP contribution in [0.5, 0.6) is 17.2 Å². The molecule has 2 aromatic carbocycles. The summed E-state index contributed by atoms with van der Waals surface area (Å²) in [5.41, 5.74) is 3.58. The molecule has 0 aliphatic heterocycles. The van der Waals surface area contributed by atoms with Gasteiger partial charge in [0.2, 0.25) is 0 Å². The first-order chi connectivity index (χ1) is 11.6. The van der Waals surface area contributed by atoms with Crippen LogP contribution in [-0.2, 0) is 0 Å². The van der Waals surface area contributed by atoms with E-state index in [1.807, 2.05) is 0 Å². The van der Waals surface area contributed by atoms with Crippen molar-refractivity contribution in [1.29, 1.82) is 0 Å². The van der Waals surface area contributed by atoms with E-state index < -0.39 is 0 Å². The minimum Gasteiger partial charge on any atom is -0.497 e. The van der Waals surface area contributed by atoms with Crippen molar-refractivity contribution in [3.8, 4) is 17.2 Å². The van der Waals surface area contributed by atoms with Crippen LogP contribution in [-0.4, -0.2) is 33.5 Å². The highest BCUT2D eigenvalue weighted by Crippen LogP contribution is 2.35. The van der Waals surface area contributed by atoms with Crippen molar-refractivity contribution in [2.45, 2.75) is 0 Å². The molecule has 126 valence electrons. The van der Waals surface area contributed by atoms with E-state index in [4.69, 9.17) is 25.8 Å². The van der Waals surface area contributed by atoms with Crippen LogP contribution in [0.25, 0.3) is 0 Å². The van der Waals surface area contributed by atoms with Crippen molar-refractivity contribution < 1.29 is 19.0 Å². The molecule has 0 spiro atoms. The van der Waals surface area contributed by atoms with Crippen LogP contribution in [0.1, 0.15) is 15.9 Å². The Morgan fingerprint density at radius 1 is 1.08 bits per heavy atom. The Labute approximate surface area is 145 Å². The molecular formula is C17H17ClN2O4. The van der Waals surface area contributed by atoms with Crippen LogP contribution in [0.2, 0.25) is 5.02 Å². The lowest BCUT2D eigenvalue weighted by Gasteiger charge is -2.09. The molecule has 0 unspecified atom stereocenters. The van der Waals surface area contributed by atoms with Crippen LogP contribution >= 0.6 is 11.6 Å². The molecule has 0 saturated carbocycles. The fourth-order valence-electron chi connectivity index (χ4n) is 1.98. The lowest BCUT2D eigenvalue weighted by Crippen LogP contribution is -2.17. The third-order valence-electron chi connectivity index (χ3n) is 3.19. The van der Waals surface area contributed by atoms with E-state index in [1.54, 1.807) is 43.5 Å². The number of methoxy groups -OCH3 is 3. The van der Waals surface area contributed by atoms with Crippen LogP contribution in [0.3, 0.4) is 0 Å².